The van der Waals surface area contributed by atoms with Crippen molar-refractivity contribution in [2.24, 2.45) is 5.41 Å². The van der Waals surface area contributed by atoms with Gasteiger partial charge in [-0.3, -0.25) is 24.1 Å². The van der Waals surface area contributed by atoms with Gasteiger partial charge in [-0.25, -0.2) is 0 Å². The minimum atomic E-state index is -1.43. The number of nitrogens with one attached hydrogen (secondary N) is 1. The van der Waals surface area contributed by atoms with E-state index in [1.807, 2.05) is 0 Å². The van der Waals surface area contributed by atoms with Crippen LogP contribution in [0.25, 0.3) is 0 Å². The standard InChI is InChI=1S/C13H16N2O5/c16-9-4-5-10(17)15(9)8-14-11(18)13(12(19)20)6-2-1-3-7-13/h4-5H,1-3,6-8H2,(H,14,18)(H,19,20). The number of hydrogen-bond acceptors (Lipinski definition) is 4. The van der Waals surface area contributed by atoms with Crippen molar-refractivity contribution in [1.82, 2.24) is 10.2 Å². The normalized spacial score (nSPS) is 21.1. The van der Waals surface area contributed by atoms with Gasteiger partial charge in [-0.15, -0.1) is 0 Å². The Morgan fingerprint density at radius 2 is 1.70 bits per heavy atom. The highest BCUT2D eigenvalue weighted by Crippen LogP contribution is 2.36. The van der Waals surface area contributed by atoms with Crippen LogP contribution in [-0.2, 0) is 19.2 Å². The number of carbonyl (C=O) groups is 4. The summed E-state index contributed by atoms with van der Waals surface area (Å²) >= 11 is 0. The number of carboxylic acids is 1. The highest BCUT2D eigenvalue weighted by Gasteiger charge is 2.46. The summed E-state index contributed by atoms with van der Waals surface area (Å²) in [6, 6.07) is 0. The third-order valence-electron chi connectivity index (χ3n) is 3.85. The Morgan fingerprint density at radius 3 is 2.20 bits per heavy atom. The van der Waals surface area contributed by atoms with Crippen LogP contribution in [0.15, 0.2) is 12.2 Å². The highest BCUT2D eigenvalue weighted by atomic mass is 16.4. The van der Waals surface area contributed by atoms with Gasteiger partial charge in [0.25, 0.3) is 11.8 Å². The first kappa shape index (κ1) is 14.2. The molecular formula is C13H16N2O5. The van der Waals surface area contributed by atoms with E-state index in [1.165, 1.54) is 0 Å². The van der Waals surface area contributed by atoms with Crippen molar-refractivity contribution in [3.8, 4) is 0 Å². The fraction of sp³-hybridized carbons (Fsp3) is 0.538. The third kappa shape index (κ3) is 2.43. The molecule has 0 saturated heterocycles. The van der Waals surface area contributed by atoms with E-state index in [2.05, 4.69) is 5.32 Å². The average Bonchev–Trinajstić information content (AvgIpc) is 2.76. The summed E-state index contributed by atoms with van der Waals surface area (Å²) < 4.78 is 0. The van der Waals surface area contributed by atoms with E-state index in [9.17, 15) is 24.3 Å². The molecule has 20 heavy (non-hydrogen) atoms. The minimum absolute atomic E-state index is 0.286. The molecule has 1 heterocycles. The van der Waals surface area contributed by atoms with E-state index < -0.39 is 29.1 Å². The SMILES string of the molecule is O=C1C=CC(=O)N1CNC(=O)C1(C(=O)O)CCCCC1. The van der Waals surface area contributed by atoms with Gasteiger partial charge in [0.15, 0.2) is 0 Å². The second-order valence-corrected chi connectivity index (χ2v) is 5.05. The molecule has 2 N–H and O–H groups in total. The largest absolute Gasteiger partial charge is 0.480 e. The molecule has 0 atom stereocenters. The first-order valence-corrected chi connectivity index (χ1v) is 6.52. The molecule has 0 aromatic carbocycles. The highest BCUT2D eigenvalue weighted by molar-refractivity contribution is 6.13. The van der Waals surface area contributed by atoms with Crippen LogP contribution >= 0.6 is 0 Å². The number of aliphatic carboxylic acids is 1. The molecule has 0 spiro atoms. The lowest BCUT2D eigenvalue weighted by atomic mass is 9.73. The van der Waals surface area contributed by atoms with Gasteiger partial charge in [0, 0.05) is 12.2 Å². The molecule has 2 aliphatic rings. The van der Waals surface area contributed by atoms with Gasteiger partial charge in [-0.1, -0.05) is 19.3 Å². The molecule has 7 nitrogen and oxygen atoms in total. The first-order chi connectivity index (χ1) is 9.47. The van der Waals surface area contributed by atoms with Crippen molar-refractivity contribution in [2.75, 3.05) is 6.67 Å². The summed E-state index contributed by atoms with van der Waals surface area (Å²) in [6.07, 6.45) is 5.08. The lowest BCUT2D eigenvalue weighted by Gasteiger charge is -2.32. The van der Waals surface area contributed by atoms with Gasteiger partial charge < -0.3 is 10.4 Å². The number of rotatable bonds is 4. The summed E-state index contributed by atoms with van der Waals surface area (Å²) in [7, 11) is 0. The van der Waals surface area contributed by atoms with Crippen LogP contribution in [0.3, 0.4) is 0 Å². The summed E-state index contributed by atoms with van der Waals surface area (Å²) in [4.78, 5) is 47.1. The van der Waals surface area contributed by atoms with Crippen LogP contribution in [0.1, 0.15) is 32.1 Å². The lowest BCUT2D eigenvalue weighted by molar-refractivity contribution is -0.158. The Kier molecular flexibility index (Phi) is 3.87. The van der Waals surface area contributed by atoms with E-state index in [4.69, 9.17) is 0 Å². The van der Waals surface area contributed by atoms with Crippen LogP contribution in [0.4, 0.5) is 0 Å². The van der Waals surface area contributed by atoms with Crippen molar-refractivity contribution < 1.29 is 24.3 Å². The molecule has 1 aliphatic heterocycles. The number of nitrogens with zero attached hydrogens (tertiary/aromatic N) is 1. The number of carbonyl (C=O) groups excluding carboxylic acids is 3. The molecule has 0 aromatic heterocycles. The topological polar surface area (TPSA) is 104 Å². The smallest absolute Gasteiger partial charge is 0.319 e. The van der Waals surface area contributed by atoms with E-state index in [0.29, 0.717) is 12.8 Å². The summed E-state index contributed by atoms with van der Waals surface area (Å²) in [5, 5.41) is 11.7. The molecular weight excluding hydrogens is 264 g/mol. The Bertz CT molecular complexity index is 473. The predicted molar refractivity (Wildman–Crippen MR) is 67.2 cm³/mol. The molecule has 0 aromatic rings. The summed E-state index contributed by atoms with van der Waals surface area (Å²) in [5.74, 6) is -2.80. The molecule has 0 unspecified atom stereocenters. The van der Waals surface area contributed by atoms with Gasteiger partial charge in [0.2, 0.25) is 5.91 Å². The zero-order valence-corrected chi connectivity index (χ0v) is 10.9. The maximum atomic E-state index is 12.2. The zero-order chi connectivity index (χ0) is 14.8. The zero-order valence-electron chi connectivity index (χ0n) is 10.9. The van der Waals surface area contributed by atoms with Gasteiger partial charge in [0.1, 0.15) is 12.1 Å². The van der Waals surface area contributed by atoms with Crippen molar-refractivity contribution in [1.29, 1.82) is 0 Å². The van der Waals surface area contributed by atoms with Crippen molar-refractivity contribution in [3.05, 3.63) is 12.2 Å². The molecule has 7 heteroatoms. The van der Waals surface area contributed by atoms with Gasteiger partial charge in [0.05, 0.1) is 0 Å². The van der Waals surface area contributed by atoms with Crippen LogP contribution in [0, 0.1) is 5.41 Å². The monoisotopic (exact) mass is 280 g/mol. The molecule has 3 amide bonds. The van der Waals surface area contributed by atoms with E-state index in [1.54, 1.807) is 0 Å². The van der Waals surface area contributed by atoms with Gasteiger partial charge in [-0.05, 0) is 12.8 Å². The fourth-order valence-corrected chi connectivity index (χ4v) is 2.60. The predicted octanol–water partition coefficient (Wildman–Crippen LogP) is 0.0202. The van der Waals surface area contributed by atoms with E-state index >= 15 is 0 Å². The molecule has 0 bridgehead atoms. The number of imide groups is 1. The first-order valence-electron chi connectivity index (χ1n) is 6.52. The minimum Gasteiger partial charge on any atom is -0.480 e. The number of amides is 3. The Balaban J connectivity index is 2.01. The van der Waals surface area contributed by atoms with E-state index in [-0.39, 0.29) is 19.5 Å². The van der Waals surface area contributed by atoms with Crippen molar-refractivity contribution in [2.45, 2.75) is 32.1 Å². The summed E-state index contributed by atoms with van der Waals surface area (Å²) in [5.41, 5.74) is -1.43. The van der Waals surface area contributed by atoms with Crippen molar-refractivity contribution >= 4 is 23.7 Å². The second kappa shape index (κ2) is 5.44. The van der Waals surface area contributed by atoms with Crippen LogP contribution in [0.2, 0.25) is 0 Å². The maximum absolute atomic E-state index is 12.2. The second-order valence-electron chi connectivity index (χ2n) is 5.05. The summed E-state index contributed by atoms with van der Waals surface area (Å²) in [6.45, 7) is -0.293. The van der Waals surface area contributed by atoms with Gasteiger partial charge in [-0.2, -0.15) is 0 Å². The van der Waals surface area contributed by atoms with Crippen LogP contribution in [-0.4, -0.2) is 40.4 Å². The fourth-order valence-electron chi connectivity index (χ4n) is 2.60. The molecule has 2 rings (SSSR count). The average molecular weight is 280 g/mol. The van der Waals surface area contributed by atoms with Crippen LogP contribution in [0.5, 0.6) is 0 Å². The quantitative estimate of drug-likeness (QED) is 0.558. The van der Waals surface area contributed by atoms with E-state index in [0.717, 1.165) is 23.5 Å². The Labute approximate surface area is 115 Å². The molecule has 1 fully saturated rings. The lowest BCUT2D eigenvalue weighted by Crippen LogP contribution is -2.51. The maximum Gasteiger partial charge on any atom is 0.319 e. The molecule has 1 saturated carbocycles. The molecule has 1 aliphatic carbocycles. The third-order valence-corrected chi connectivity index (χ3v) is 3.85. The Hall–Kier alpha value is -2.18. The molecule has 108 valence electrons. The van der Waals surface area contributed by atoms with Crippen molar-refractivity contribution in [3.63, 3.8) is 0 Å². The van der Waals surface area contributed by atoms with Crippen LogP contribution < -0.4 is 5.32 Å². The van der Waals surface area contributed by atoms with Gasteiger partial charge >= 0.3 is 5.97 Å². The number of carboxylic acid groups (broad SMARTS) is 1. The Morgan fingerprint density at radius 1 is 1.15 bits per heavy atom. The molecule has 0 radical (unpaired) electrons. The number of hydrogen-bond donors (Lipinski definition) is 2.